The number of carbonyl (C=O) groups is 1. The van der Waals surface area contributed by atoms with Gasteiger partial charge < -0.3 is 19.6 Å². The number of hydrogen-bond donors (Lipinski definition) is 0. The standard InChI is InChI=1S/C33H35FN8OS/c1-20-12-25(40-16-33(17-40)18-41(19-33)31(43)23-10-11-38(2)15-23)13-26-30(29(22-4-5-22)37-42(20)26)39(3)32-36-28(27(14-35)44-32)21-6-8-24(34)9-7-21/h6-9,12-13,22-23H,4-5,10-11,15-19H2,1-3H3. The highest BCUT2D eigenvalue weighted by molar-refractivity contribution is 7.16. The van der Waals surface area contributed by atoms with Crippen molar-refractivity contribution in [1.82, 2.24) is 24.4 Å². The zero-order chi connectivity index (χ0) is 30.3. The molecule has 1 aromatic carbocycles. The van der Waals surface area contributed by atoms with E-state index in [1.807, 2.05) is 11.6 Å². The van der Waals surface area contributed by atoms with Gasteiger partial charge in [0.1, 0.15) is 22.5 Å². The van der Waals surface area contributed by atoms with Gasteiger partial charge in [-0.3, -0.25) is 4.79 Å². The summed E-state index contributed by atoms with van der Waals surface area (Å²) in [4.78, 5) is 27.2. The van der Waals surface area contributed by atoms with E-state index in [-0.39, 0.29) is 17.2 Å². The summed E-state index contributed by atoms with van der Waals surface area (Å²) in [5.41, 5.74) is 6.85. The van der Waals surface area contributed by atoms with Crippen molar-refractivity contribution in [2.24, 2.45) is 11.3 Å². The molecule has 6 heterocycles. The van der Waals surface area contributed by atoms with Crippen LogP contribution in [-0.4, -0.2) is 83.7 Å². The number of likely N-dealkylation sites (tertiary alicyclic amines) is 2. The van der Waals surface area contributed by atoms with Crippen LogP contribution in [0.4, 0.5) is 20.9 Å². The third-order valence-corrected chi connectivity index (χ3v) is 10.9. The second kappa shape index (κ2) is 10.0. The Bertz CT molecular complexity index is 1820. The average molecular weight is 611 g/mol. The van der Waals surface area contributed by atoms with E-state index in [1.54, 1.807) is 12.1 Å². The van der Waals surface area contributed by atoms with Crippen molar-refractivity contribution in [2.75, 3.05) is 63.2 Å². The fourth-order valence-electron chi connectivity index (χ4n) is 7.34. The van der Waals surface area contributed by atoms with Gasteiger partial charge in [0, 0.05) is 68.0 Å². The molecule has 8 rings (SSSR count). The number of nitrogens with zero attached hydrogens (tertiary/aromatic N) is 8. The number of aryl methyl sites for hydroxylation is 1. The van der Waals surface area contributed by atoms with Crippen LogP contribution < -0.4 is 9.80 Å². The van der Waals surface area contributed by atoms with Crippen molar-refractivity contribution < 1.29 is 9.18 Å². The molecule has 0 radical (unpaired) electrons. The molecule has 11 heteroatoms. The van der Waals surface area contributed by atoms with Gasteiger partial charge in [-0.25, -0.2) is 13.9 Å². The van der Waals surface area contributed by atoms with E-state index in [0.29, 0.717) is 27.5 Å². The average Bonchev–Trinajstić information content (AvgIpc) is 3.38. The van der Waals surface area contributed by atoms with Crippen LogP contribution in [-0.2, 0) is 4.79 Å². The summed E-state index contributed by atoms with van der Waals surface area (Å²) < 4.78 is 15.6. The molecule has 1 atom stereocenters. The SMILES string of the molecule is Cc1cc(N2CC3(CN(C(=O)C4CCN(C)C4)C3)C2)cc2c(N(C)c3nc(-c4ccc(F)cc4)c(C#N)s3)c(C3CC3)nn12. The monoisotopic (exact) mass is 610 g/mol. The first kappa shape index (κ1) is 27.5. The highest BCUT2D eigenvalue weighted by Crippen LogP contribution is 2.49. The van der Waals surface area contributed by atoms with E-state index in [9.17, 15) is 14.4 Å². The summed E-state index contributed by atoms with van der Waals surface area (Å²) in [6, 6.07) is 12.9. The first-order valence-corrected chi connectivity index (χ1v) is 16.2. The fraction of sp³-hybridized carbons (Fsp3) is 0.455. The third kappa shape index (κ3) is 4.46. The van der Waals surface area contributed by atoms with Crippen molar-refractivity contribution in [2.45, 2.75) is 32.1 Å². The van der Waals surface area contributed by atoms with Crippen molar-refractivity contribution >= 4 is 39.3 Å². The Balaban J connectivity index is 1.07. The maximum atomic E-state index is 13.6. The number of thiazole rings is 1. The van der Waals surface area contributed by atoms with E-state index >= 15 is 0 Å². The Morgan fingerprint density at radius 2 is 1.89 bits per heavy atom. The molecule has 0 bridgehead atoms. The van der Waals surface area contributed by atoms with Gasteiger partial charge in [0.25, 0.3) is 0 Å². The molecule has 1 spiro atoms. The Morgan fingerprint density at radius 3 is 2.55 bits per heavy atom. The van der Waals surface area contributed by atoms with Crippen LogP contribution in [0.1, 0.15) is 41.4 Å². The van der Waals surface area contributed by atoms with Crippen molar-refractivity contribution in [3.05, 3.63) is 58.5 Å². The number of pyridine rings is 1. The van der Waals surface area contributed by atoms with Gasteiger partial charge >= 0.3 is 0 Å². The zero-order valence-electron chi connectivity index (χ0n) is 25.3. The lowest BCUT2D eigenvalue weighted by Crippen LogP contribution is -2.73. The van der Waals surface area contributed by atoms with E-state index < -0.39 is 0 Å². The lowest BCUT2D eigenvalue weighted by atomic mass is 9.72. The van der Waals surface area contributed by atoms with Crippen LogP contribution in [0.3, 0.4) is 0 Å². The van der Waals surface area contributed by atoms with Gasteiger partial charge in [0.2, 0.25) is 5.91 Å². The molecule has 0 N–H and O–H groups in total. The number of aromatic nitrogens is 3. The number of anilines is 3. The van der Waals surface area contributed by atoms with Gasteiger partial charge in [0.15, 0.2) is 5.13 Å². The number of benzene rings is 1. The zero-order valence-corrected chi connectivity index (χ0v) is 26.1. The molecular weight excluding hydrogens is 575 g/mol. The Morgan fingerprint density at radius 1 is 1.14 bits per heavy atom. The van der Waals surface area contributed by atoms with Crippen molar-refractivity contribution in [3.8, 4) is 17.3 Å². The van der Waals surface area contributed by atoms with Gasteiger partial charge in [-0.1, -0.05) is 11.3 Å². The van der Waals surface area contributed by atoms with Crippen molar-refractivity contribution in [1.29, 1.82) is 5.26 Å². The molecule has 1 saturated carbocycles. The summed E-state index contributed by atoms with van der Waals surface area (Å²) in [5, 5.41) is 15.7. The second-order valence-electron chi connectivity index (χ2n) is 13.3. The van der Waals surface area contributed by atoms with Crippen molar-refractivity contribution in [3.63, 3.8) is 0 Å². The van der Waals surface area contributed by atoms with Crippen LogP contribution in [0, 0.1) is 35.4 Å². The minimum atomic E-state index is -0.320. The van der Waals surface area contributed by atoms with Gasteiger partial charge in [-0.2, -0.15) is 10.4 Å². The van der Waals surface area contributed by atoms with E-state index in [2.05, 4.69) is 51.8 Å². The first-order chi connectivity index (χ1) is 21.2. The second-order valence-corrected chi connectivity index (χ2v) is 14.3. The topological polar surface area (TPSA) is 84.0 Å². The minimum absolute atomic E-state index is 0.158. The number of fused-ring (bicyclic) bond motifs is 1. The van der Waals surface area contributed by atoms with Crippen LogP contribution in [0.2, 0.25) is 0 Å². The highest BCUT2D eigenvalue weighted by Gasteiger charge is 2.54. The van der Waals surface area contributed by atoms with Crippen LogP contribution in [0.5, 0.6) is 0 Å². The molecule has 3 saturated heterocycles. The summed E-state index contributed by atoms with van der Waals surface area (Å²) in [5.74, 6) is 0.581. The maximum absolute atomic E-state index is 13.6. The number of nitriles is 1. The molecule has 4 fully saturated rings. The molecule has 44 heavy (non-hydrogen) atoms. The van der Waals surface area contributed by atoms with E-state index in [1.165, 1.54) is 29.2 Å². The van der Waals surface area contributed by atoms with Crippen LogP contribution in [0.25, 0.3) is 16.8 Å². The smallest absolute Gasteiger partial charge is 0.227 e. The largest absolute Gasteiger partial charge is 0.370 e. The lowest BCUT2D eigenvalue weighted by molar-refractivity contribution is -0.149. The molecule has 1 unspecified atom stereocenters. The van der Waals surface area contributed by atoms with Gasteiger partial charge in [0.05, 0.1) is 22.8 Å². The van der Waals surface area contributed by atoms with Crippen LogP contribution >= 0.6 is 11.3 Å². The predicted molar refractivity (Wildman–Crippen MR) is 169 cm³/mol. The summed E-state index contributed by atoms with van der Waals surface area (Å²) in [7, 11) is 4.09. The molecule has 4 aliphatic rings. The van der Waals surface area contributed by atoms with E-state index in [4.69, 9.17) is 10.1 Å². The Labute approximate surface area is 260 Å². The number of hydrogen-bond acceptors (Lipinski definition) is 8. The quantitative estimate of drug-likeness (QED) is 0.303. The first-order valence-electron chi connectivity index (χ1n) is 15.4. The minimum Gasteiger partial charge on any atom is -0.370 e. The molecule has 9 nitrogen and oxygen atoms in total. The number of amides is 1. The predicted octanol–water partition coefficient (Wildman–Crippen LogP) is 5.02. The van der Waals surface area contributed by atoms with Crippen LogP contribution in [0.15, 0.2) is 36.4 Å². The molecule has 4 aromatic rings. The Hall–Kier alpha value is -4.01. The van der Waals surface area contributed by atoms with Gasteiger partial charge in [-0.05, 0) is 76.2 Å². The third-order valence-electron chi connectivity index (χ3n) is 9.84. The summed E-state index contributed by atoms with van der Waals surface area (Å²) >= 11 is 1.34. The lowest BCUT2D eigenvalue weighted by Gasteiger charge is -2.61. The number of carbonyl (C=O) groups excluding carboxylic acids is 1. The number of rotatable bonds is 6. The number of halogens is 1. The van der Waals surface area contributed by atoms with E-state index in [0.717, 1.165) is 86.7 Å². The maximum Gasteiger partial charge on any atom is 0.227 e. The summed E-state index contributed by atoms with van der Waals surface area (Å²) in [6.45, 7) is 7.61. The molecular formula is C33H35FN8OS. The fourth-order valence-corrected chi connectivity index (χ4v) is 8.19. The molecule has 226 valence electrons. The molecule has 3 aromatic heterocycles. The molecule has 3 aliphatic heterocycles. The molecule has 1 aliphatic carbocycles. The summed E-state index contributed by atoms with van der Waals surface area (Å²) in [6.07, 6.45) is 3.20. The normalized spacial score (nSPS) is 21.0. The van der Waals surface area contributed by atoms with Gasteiger partial charge in [-0.15, -0.1) is 0 Å². The molecule has 1 amide bonds. The Kier molecular flexibility index (Phi) is 6.26. The highest BCUT2D eigenvalue weighted by atomic mass is 32.1.